The molecule has 1 rings (SSSR count). The van der Waals surface area contributed by atoms with Crippen LogP contribution in [0.25, 0.3) is 0 Å². The number of nitrogens with zero attached hydrogens (tertiary/aromatic N) is 4. The van der Waals surface area contributed by atoms with E-state index < -0.39 is 5.97 Å². The highest BCUT2D eigenvalue weighted by Crippen LogP contribution is 2.10. The first-order valence-electron chi connectivity index (χ1n) is 5.51. The van der Waals surface area contributed by atoms with Gasteiger partial charge in [-0.25, -0.2) is 4.98 Å². The number of hydrogen-bond donors (Lipinski definition) is 1. The first kappa shape index (κ1) is 13.9. The van der Waals surface area contributed by atoms with E-state index in [0.29, 0.717) is 18.9 Å². The number of likely N-dealkylation sites (N-methyl/N-ethyl adjacent to an activating group) is 1. The van der Waals surface area contributed by atoms with Gasteiger partial charge in [-0.15, -0.1) is 0 Å². The Labute approximate surface area is 106 Å². The summed E-state index contributed by atoms with van der Waals surface area (Å²) in [5, 5.41) is 17.7. The van der Waals surface area contributed by atoms with Crippen LogP contribution in [0, 0.1) is 11.3 Å². The molecule has 0 aromatic carbocycles. The zero-order valence-corrected chi connectivity index (χ0v) is 10.5. The van der Waals surface area contributed by atoms with Crippen molar-refractivity contribution >= 4 is 11.8 Å². The molecule has 6 heteroatoms. The van der Waals surface area contributed by atoms with Crippen molar-refractivity contribution in [2.24, 2.45) is 0 Å². The fourth-order valence-corrected chi connectivity index (χ4v) is 1.42. The van der Waals surface area contributed by atoms with Crippen LogP contribution in [0.4, 0.5) is 5.82 Å². The van der Waals surface area contributed by atoms with Crippen LogP contribution in [0.1, 0.15) is 5.69 Å². The largest absolute Gasteiger partial charge is 0.480 e. The second-order valence-electron chi connectivity index (χ2n) is 4.11. The first-order valence-corrected chi connectivity index (χ1v) is 5.51. The van der Waals surface area contributed by atoms with Gasteiger partial charge in [-0.1, -0.05) is 6.07 Å². The van der Waals surface area contributed by atoms with Crippen molar-refractivity contribution in [1.82, 2.24) is 9.88 Å². The van der Waals surface area contributed by atoms with Crippen molar-refractivity contribution < 1.29 is 9.90 Å². The summed E-state index contributed by atoms with van der Waals surface area (Å²) in [7, 11) is 3.83. The van der Waals surface area contributed by atoms with Crippen molar-refractivity contribution in [2.75, 3.05) is 38.6 Å². The number of hydrogen-bond acceptors (Lipinski definition) is 5. The van der Waals surface area contributed by atoms with E-state index in [-0.39, 0.29) is 12.2 Å². The maximum atomic E-state index is 10.8. The van der Waals surface area contributed by atoms with Gasteiger partial charge < -0.3 is 14.9 Å². The number of aromatic nitrogens is 1. The Balaban J connectivity index is 2.86. The third-order valence-corrected chi connectivity index (χ3v) is 2.32. The highest BCUT2D eigenvalue weighted by molar-refractivity contribution is 5.73. The number of carboxylic acids is 1. The van der Waals surface area contributed by atoms with Crippen LogP contribution in [-0.4, -0.2) is 54.7 Å². The van der Waals surface area contributed by atoms with Crippen molar-refractivity contribution in [1.29, 1.82) is 5.26 Å². The molecular weight excluding hydrogens is 232 g/mol. The minimum absolute atomic E-state index is 0.129. The van der Waals surface area contributed by atoms with Gasteiger partial charge in [0.1, 0.15) is 24.1 Å². The maximum Gasteiger partial charge on any atom is 0.323 e. The summed E-state index contributed by atoms with van der Waals surface area (Å²) in [4.78, 5) is 18.5. The molecule has 1 aromatic rings. The van der Waals surface area contributed by atoms with E-state index in [2.05, 4.69) is 4.98 Å². The van der Waals surface area contributed by atoms with Crippen LogP contribution in [-0.2, 0) is 4.79 Å². The number of anilines is 1. The molecule has 0 spiro atoms. The van der Waals surface area contributed by atoms with Crippen LogP contribution in [0.3, 0.4) is 0 Å². The third-order valence-electron chi connectivity index (χ3n) is 2.32. The van der Waals surface area contributed by atoms with Gasteiger partial charge in [-0.3, -0.25) is 4.79 Å². The first-order chi connectivity index (χ1) is 8.52. The van der Waals surface area contributed by atoms with Crippen LogP contribution in [0.2, 0.25) is 0 Å². The van der Waals surface area contributed by atoms with Gasteiger partial charge in [0.15, 0.2) is 0 Å². The van der Waals surface area contributed by atoms with Crippen LogP contribution >= 0.6 is 0 Å². The molecule has 0 aliphatic carbocycles. The van der Waals surface area contributed by atoms with E-state index in [1.165, 1.54) is 0 Å². The Morgan fingerprint density at radius 2 is 2.17 bits per heavy atom. The van der Waals surface area contributed by atoms with Crippen molar-refractivity contribution in [3.63, 3.8) is 0 Å². The minimum Gasteiger partial charge on any atom is -0.480 e. The number of carbonyl (C=O) groups is 1. The zero-order valence-electron chi connectivity index (χ0n) is 10.5. The lowest BCUT2D eigenvalue weighted by molar-refractivity contribution is -0.135. The van der Waals surface area contributed by atoms with E-state index in [1.807, 2.05) is 25.1 Å². The lowest BCUT2D eigenvalue weighted by atomic mass is 10.3. The quantitative estimate of drug-likeness (QED) is 0.785. The zero-order chi connectivity index (χ0) is 13.5. The summed E-state index contributed by atoms with van der Waals surface area (Å²) < 4.78 is 0. The molecule has 0 fully saturated rings. The van der Waals surface area contributed by atoms with Gasteiger partial charge in [-0.05, 0) is 26.2 Å². The fourth-order valence-electron chi connectivity index (χ4n) is 1.42. The lowest BCUT2D eigenvalue weighted by Gasteiger charge is -2.23. The molecule has 1 aromatic heterocycles. The Bertz CT molecular complexity index is 454. The van der Waals surface area contributed by atoms with Gasteiger partial charge in [0, 0.05) is 13.1 Å². The van der Waals surface area contributed by atoms with Gasteiger partial charge in [0.25, 0.3) is 0 Å². The van der Waals surface area contributed by atoms with Gasteiger partial charge in [0.2, 0.25) is 0 Å². The van der Waals surface area contributed by atoms with Crippen molar-refractivity contribution in [2.45, 2.75) is 0 Å². The van der Waals surface area contributed by atoms with Crippen LogP contribution in [0.5, 0.6) is 0 Å². The minimum atomic E-state index is -0.919. The third kappa shape index (κ3) is 4.39. The summed E-state index contributed by atoms with van der Waals surface area (Å²) in [5.41, 5.74) is 0.285. The Morgan fingerprint density at radius 1 is 1.44 bits per heavy atom. The van der Waals surface area contributed by atoms with E-state index in [1.54, 1.807) is 23.1 Å². The van der Waals surface area contributed by atoms with E-state index >= 15 is 0 Å². The maximum absolute atomic E-state index is 10.8. The average molecular weight is 248 g/mol. The molecule has 0 aliphatic rings. The number of carboxylic acid groups (broad SMARTS) is 1. The van der Waals surface area contributed by atoms with E-state index in [9.17, 15) is 4.79 Å². The molecule has 1 N–H and O–H groups in total. The standard InChI is InChI=1S/C12H16N4O2/c1-15(2)6-7-16(9-12(17)18)11-5-3-4-10(8-13)14-11/h3-5H,6-7,9H2,1-2H3,(H,17,18). The second-order valence-corrected chi connectivity index (χ2v) is 4.11. The Morgan fingerprint density at radius 3 is 2.72 bits per heavy atom. The monoisotopic (exact) mass is 248 g/mol. The molecule has 0 radical (unpaired) electrons. The molecule has 6 nitrogen and oxygen atoms in total. The smallest absolute Gasteiger partial charge is 0.323 e. The predicted octanol–water partition coefficient (Wildman–Crippen LogP) is 0.406. The normalized spacial score (nSPS) is 10.1. The SMILES string of the molecule is CN(C)CCN(CC(=O)O)c1cccc(C#N)n1. The van der Waals surface area contributed by atoms with E-state index in [0.717, 1.165) is 0 Å². The molecule has 18 heavy (non-hydrogen) atoms. The highest BCUT2D eigenvalue weighted by atomic mass is 16.4. The lowest BCUT2D eigenvalue weighted by Crippen LogP contribution is -2.36. The summed E-state index contributed by atoms with van der Waals surface area (Å²) in [6.45, 7) is 1.13. The summed E-state index contributed by atoms with van der Waals surface area (Å²) in [6.07, 6.45) is 0. The molecule has 0 saturated heterocycles. The molecule has 0 bridgehead atoms. The molecule has 0 atom stereocenters. The Kier molecular flexibility index (Phi) is 5.08. The number of rotatable bonds is 6. The molecule has 0 saturated carbocycles. The molecule has 1 heterocycles. The second kappa shape index (κ2) is 6.57. The molecule has 0 aliphatic heterocycles. The van der Waals surface area contributed by atoms with Crippen molar-refractivity contribution in [3.8, 4) is 6.07 Å². The van der Waals surface area contributed by atoms with E-state index in [4.69, 9.17) is 10.4 Å². The molecular formula is C12H16N4O2. The van der Waals surface area contributed by atoms with Gasteiger partial charge in [-0.2, -0.15) is 5.26 Å². The van der Waals surface area contributed by atoms with Crippen molar-refractivity contribution in [3.05, 3.63) is 23.9 Å². The van der Waals surface area contributed by atoms with Gasteiger partial charge in [0.05, 0.1) is 0 Å². The summed E-state index contributed by atoms with van der Waals surface area (Å²) in [6, 6.07) is 6.94. The number of aliphatic carboxylic acids is 1. The topological polar surface area (TPSA) is 80.5 Å². The molecule has 0 amide bonds. The van der Waals surface area contributed by atoms with Crippen LogP contribution in [0.15, 0.2) is 18.2 Å². The number of pyridine rings is 1. The van der Waals surface area contributed by atoms with Crippen LogP contribution < -0.4 is 4.90 Å². The fraction of sp³-hybridized carbons (Fsp3) is 0.417. The summed E-state index contributed by atoms with van der Waals surface area (Å²) >= 11 is 0. The number of nitriles is 1. The molecule has 0 unspecified atom stereocenters. The molecule has 96 valence electrons. The average Bonchev–Trinajstić information content (AvgIpc) is 2.34. The predicted molar refractivity (Wildman–Crippen MR) is 67.4 cm³/mol. The summed E-state index contributed by atoms with van der Waals surface area (Å²) in [5.74, 6) is -0.406. The highest BCUT2D eigenvalue weighted by Gasteiger charge is 2.12. The Hall–Kier alpha value is -2.13. The van der Waals surface area contributed by atoms with Gasteiger partial charge >= 0.3 is 5.97 Å².